The molecule has 0 radical (unpaired) electrons. The number of aliphatic hydroxyl groups is 1. The van der Waals surface area contributed by atoms with Gasteiger partial charge in [-0.1, -0.05) is 45.4 Å². The Labute approximate surface area is 147 Å². The van der Waals surface area contributed by atoms with Crippen LogP contribution in [-0.2, 0) is 14.6 Å². The van der Waals surface area contributed by atoms with Crippen molar-refractivity contribution in [2.24, 2.45) is 0 Å². The van der Waals surface area contributed by atoms with E-state index in [4.69, 9.17) is 5.11 Å². The largest absolute Gasteiger partial charge is 0.481 e. The van der Waals surface area contributed by atoms with Gasteiger partial charge in [-0.25, -0.2) is 8.42 Å². The molecule has 0 unspecified atom stereocenters. The number of hydrogen-bond acceptors (Lipinski definition) is 4. The van der Waals surface area contributed by atoms with Gasteiger partial charge in [-0.3, -0.25) is 4.79 Å². The second kappa shape index (κ2) is 13.6. The highest BCUT2D eigenvalue weighted by Gasteiger charge is 2.20. The van der Waals surface area contributed by atoms with Crippen molar-refractivity contribution in [3.05, 3.63) is 0 Å². The Kier molecular flexibility index (Phi) is 13.3. The molecule has 6 heteroatoms. The Hall–Kier alpha value is -0.620. The third-order valence-electron chi connectivity index (χ3n) is 4.48. The lowest BCUT2D eigenvalue weighted by molar-refractivity contribution is -0.137. The van der Waals surface area contributed by atoms with Crippen LogP contribution in [0.5, 0.6) is 0 Å². The molecule has 5 nitrogen and oxygen atoms in total. The predicted molar refractivity (Wildman–Crippen MR) is 98.0 cm³/mol. The van der Waals surface area contributed by atoms with Gasteiger partial charge in [0, 0.05) is 12.7 Å². The summed E-state index contributed by atoms with van der Waals surface area (Å²) in [4.78, 5) is 10.4. The summed E-state index contributed by atoms with van der Waals surface area (Å²) in [6.45, 7) is 2.13. The van der Waals surface area contributed by atoms with E-state index in [2.05, 4.69) is 6.92 Å². The van der Waals surface area contributed by atoms with Crippen LogP contribution in [0.25, 0.3) is 0 Å². The molecule has 2 atom stereocenters. The Morgan fingerprint density at radius 3 is 2.00 bits per heavy atom. The summed E-state index contributed by atoms with van der Waals surface area (Å²) in [6.07, 6.45) is 11.1. The van der Waals surface area contributed by atoms with Crippen molar-refractivity contribution < 1.29 is 23.4 Å². The molecule has 0 heterocycles. The first-order valence-corrected chi connectivity index (χ1v) is 11.3. The van der Waals surface area contributed by atoms with Crippen molar-refractivity contribution in [2.75, 3.05) is 6.26 Å². The van der Waals surface area contributed by atoms with Crippen LogP contribution in [0.4, 0.5) is 0 Å². The van der Waals surface area contributed by atoms with Gasteiger partial charge in [0.2, 0.25) is 0 Å². The smallest absolute Gasteiger partial charge is 0.303 e. The lowest BCUT2D eigenvalue weighted by Crippen LogP contribution is -2.20. The zero-order valence-corrected chi connectivity index (χ0v) is 16.2. The van der Waals surface area contributed by atoms with Crippen LogP contribution in [0.2, 0.25) is 0 Å². The van der Waals surface area contributed by atoms with E-state index < -0.39 is 15.8 Å². The van der Waals surface area contributed by atoms with E-state index in [1.54, 1.807) is 0 Å². The van der Waals surface area contributed by atoms with Crippen molar-refractivity contribution in [1.29, 1.82) is 0 Å². The Morgan fingerprint density at radius 1 is 0.875 bits per heavy atom. The quantitative estimate of drug-likeness (QED) is 0.405. The van der Waals surface area contributed by atoms with Crippen molar-refractivity contribution >= 4 is 15.8 Å². The topological polar surface area (TPSA) is 91.7 Å². The molecule has 0 bridgehead atoms. The Balaban J connectivity index is 3.96. The number of aliphatic hydroxyl groups excluding tert-OH is 1. The molecule has 0 saturated carbocycles. The summed E-state index contributed by atoms with van der Waals surface area (Å²) in [6, 6.07) is 0. The van der Waals surface area contributed by atoms with E-state index >= 15 is 0 Å². The predicted octanol–water partition coefficient (Wildman–Crippen LogP) is 3.94. The molecular formula is C18H36O5S. The molecule has 0 aromatic rings. The molecule has 0 saturated heterocycles. The number of carboxylic acid groups (broad SMARTS) is 1. The van der Waals surface area contributed by atoms with E-state index in [1.807, 2.05) is 0 Å². The van der Waals surface area contributed by atoms with Gasteiger partial charge in [0.15, 0.2) is 0 Å². The number of sulfone groups is 1. The van der Waals surface area contributed by atoms with Crippen LogP contribution in [0.15, 0.2) is 0 Å². The van der Waals surface area contributed by atoms with Gasteiger partial charge in [-0.15, -0.1) is 0 Å². The molecule has 144 valence electrons. The average Bonchev–Trinajstić information content (AvgIpc) is 2.47. The molecule has 0 aliphatic heterocycles. The van der Waals surface area contributed by atoms with Gasteiger partial charge >= 0.3 is 5.97 Å². The van der Waals surface area contributed by atoms with E-state index in [-0.39, 0.29) is 17.8 Å². The first-order chi connectivity index (χ1) is 11.3. The molecule has 0 spiro atoms. The highest BCUT2D eigenvalue weighted by atomic mass is 32.2. The maximum Gasteiger partial charge on any atom is 0.303 e. The number of unbranched alkanes of at least 4 members (excludes halogenated alkanes) is 5. The van der Waals surface area contributed by atoms with Crippen molar-refractivity contribution in [3.63, 3.8) is 0 Å². The van der Waals surface area contributed by atoms with Crippen LogP contribution in [0.3, 0.4) is 0 Å². The summed E-state index contributed by atoms with van der Waals surface area (Å²) < 4.78 is 23.8. The lowest BCUT2D eigenvalue weighted by Gasteiger charge is -2.16. The molecule has 0 aromatic carbocycles. The summed E-state index contributed by atoms with van der Waals surface area (Å²) >= 11 is 0. The average molecular weight is 365 g/mol. The third-order valence-corrected chi connectivity index (χ3v) is 6.16. The zero-order chi connectivity index (χ0) is 18.4. The van der Waals surface area contributed by atoms with Crippen LogP contribution < -0.4 is 0 Å². The van der Waals surface area contributed by atoms with E-state index in [1.165, 1.54) is 6.26 Å². The zero-order valence-electron chi connectivity index (χ0n) is 15.4. The SMILES string of the molecule is CCCCC[C@H](O)CCC[C@H](CCCCCCC(=O)O)S(C)(=O)=O. The lowest BCUT2D eigenvalue weighted by atomic mass is 10.0. The number of rotatable bonds is 16. The number of carbonyl (C=O) groups is 1. The van der Waals surface area contributed by atoms with E-state index in [9.17, 15) is 18.3 Å². The summed E-state index contributed by atoms with van der Waals surface area (Å²) in [7, 11) is -3.07. The Bertz CT molecular complexity index is 419. The van der Waals surface area contributed by atoms with Gasteiger partial charge in [0.25, 0.3) is 0 Å². The van der Waals surface area contributed by atoms with Crippen LogP contribution in [0, 0.1) is 0 Å². The van der Waals surface area contributed by atoms with Crippen LogP contribution in [-0.4, -0.2) is 42.2 Å². The summed E-state index contributed by atoms with van der Waals surface area (Å²) in [5.74, 6) is -0.776. The van der Waals surface area contributed by atoms with Crippen LogP contribution in [0.1, 0.15) is 90.4 Å². The second-order valence-electron chi connectivity index (χ2n) is 6.88. The molecule has 0 fully saturated rings. The second-order valence-corrected chi connectivity index (χ2v) is 9.20. The number of aliphatic carboxylic acids is 1. The number of carboxylic acids is 1. The molecule has 0 amide bonds. The number of hydrogen-bond donors (Lipinski definition) is 2. The first kappa shape index (κ1) is 23.4. The van der Waals surface area contributed by atoms with Gasteiger partial charge in [-0.05, 0) is 38.5 Å². The maximum absolute atomic E-state index is 11.9. The maximum atomic E-state index is 11.9. The molecule has 2 N–H and O–H groups in total. The summed E-state index contributed by atoms with van der Waals surface area (Å²) in [5, 5.41) is 18.2. The molecule has 24 heavy (non-hydrogen) atoms. The van der Waals surface area contributed by atoms with E-state index in [0.717, 1.165) is 51.4 Å². The monoisotopic (exact) mass is 364 g/mol. The van der Waals surface area contributed by atoms with Gasteiger partial charge in [0.1, 0.15) is 9.84 Å². The molecule has 0 aliphatic rings. The molecule has 0 aromatic heterocycles. The first-order valence-electron chi connectivity index (χ1n) is 9.36. The fourth-order valence-corrected chi connectivity index (χ4v) is 4.12. The van der Waals surface area contributed by atoms with Crippen molar-refractivity contribution in [1.82, 2.24) is 0 Å². The Morgan fingerprint density at radius 2 is 1.42 bits per heavy atom. The molecule has 0 rings (SSSR count). The van der Waals surface area contributed by atoms with E-state index in [0.29, 0.717) is 25.7 Å². The minimum absolute atomic E-state index is 0.186. The third kappa shape index (κ3) is 13.8. The molecular weight excluding hydrogens is 328 g/mol. The van der Waals surface area contributed by atoms with Crippen molar-refractivity contribution in [3.8, 4) is 0 Å². The van der Waals surface area contributed by atoms with Crippen molar-refractivity contribution in [2.45, 2.75) is 102 Å². The minimum Gasteiger partial charge on any atom is -0.481 e. The van der Waals surface area contributed by atoms with Gasteiger partial charge in [-0.2, -0.15) is 0 Å². The molecule has 0 aliphatic carbocycles. The standard InChI is InChI=1S/C18H36O5S/c1-3-4-7-11-16(19)12-10-14-17(24(2,22)23)13-8-5-6-9-15-18(20)21/h16-17,19H,3-15H2,1-2H3,(H,20,21)/t16-,17-/m0/s1. The van der Waals surface area contributed by atoms with Crippen LogP contribution >= 0.6 is 0 Å². The normalized spacial score (nSPS) is 14.5. The van der Waals surface area contributed by atoms with Gasteiger partial charge in [0.05, 0.1) is 11.4 Å². The van der Waals surface area contributed by atoms with Gasteiger partial charge < -0.3 is 10.2 Å². The highest BCUT2D eigenvalue weighted by Crippen LogP contribution is 2.19. The fraction of sp³-hybridized carbons (Fsp3) is 0.944. The minimum atomic E-state index is -3.07. The fourth-order valence-electron chi connectivity index (χ4n) is 2.93. The summed E-state index contributed by atoms with van der Waals surface area (Å²) in [5.41, 5.74) is 0. The highest BCUT2D eigenvalue weighted by molar-refractivity contribution is 7.91.